The van der Waals surface area contributed by atoms with Crippen LogP contribution in [0.25, 0.3) is 10.4 Å². The van der Waals surface area contributed by atoms with E-state index in [2.05, 4.69) is 34.6 Å². The van der Waals surface area contributed by atoms with Crippen molar-refractivity contribution in [2.24, 2.45) is 0 Å². The second-order valence-electron chi connectivity index (χ2n) is 3.81. The van der Waals surface area contributed by atoms with Crippen LogP contribution in [0.2, 0.25) is 0 Å². The standard InChI is InChI=1S/C12H12N2S/c1-2-4-9(5-3-1)11-8-13-12(15-11)14-10-6-7-10/h1-5,8,10H,6-7H2,(H,13,14). The van der Waals surface area contributed by atoms with Crippen molar-refractivity contribution in [1.82, 2.24) is 4.98 Å². The number of aromatic nitrogens is 1. The van der Waals surface area contributed by atoms with E-state index in [-0.39, 0.29) is 0 Å². The minimum absolute atomic E-state index is 0.680. The molecule has 0 spiro atoms. The predicted octanol–water partition coefficient (Wildman–Crippen LogP) is 3.38. The van der Waals surface area contributed by atoms with E-state index in [1.165, 1.54) is 23.3 Å². The largest absolute Gasteiger partial charge is 0.359 e. The Labute approximate surface area is 93.0 Å². The molecule has 1 aromatic carbocycles. The van der Waals surface area contributed by atoms with Crippen molar-refractivity contribution in [3.05, 3.63) is 36.5 Å². The molecule has 0 atom stereocenters. The van der Waals surface area contributed by atoms with Gasteiger partial charge in [-0.05, 0) is 18.4 Å². The number of nitrogens with zero attached hydrogens (tertiary/aromatic N) is 1. The number of hydrogen-bond donors (Lipinski definition) is 1. The average Bonchev–Trinajstić information content (AvgIpc) is 2.96. The van der Waals surface area contributed by atoms with E-state index < -0.39 is 0 Å². The molecule has 1 fully saturated rings. The molecule has 1 aliphatic carbocycles. The summed E-state index contributed by atoms with van der Waals surface area (Å²) in [6.45, 7) is 0. The Morgan fingerprint density at radius 2 is 2.00 bits per heavy atom. The van der Waals surface area contributed by atoms with Gasteiger partial charge in [0.05, 0.1) is 4.88 Å². The number of nitrogens with one attached hydrogen (secondary N) is 1. The molecular weight excluding hydrogens is 204 g/mol. The van der Waals surface area contributed by atoms with Crippen molar-refractivity contribution < 1.29 is 0 Å². The van der Waals surface area contributed by atoms with Gasteiger partial charge in [0.1, 0.15) is 0 Å². The van der Waals surface area contributed by atoms with Gasteiger partial charge in [0.2, 0.25) is 0 Å². The van der Waals surface area contributed by atoms with Crippen LogP contribution in [-0.4, -0.2) is 11.0 Å². The molecule has 1 aliphatic rings. The fourth-order valence-electron chi connectivity index (χ4n) is 1.48. The van der Waals surface area contributed by atoms with Gasteiger partial charge >= 0.3 is 0 Å². The van der Waals surface area contributed by atoms with Crippen molar-refractivity contribution >= 4 is 16.5 Å². The van der Waals surface area contributed by atoms with Crippen LogP contribution in [0, 0.1) is 0 Å². The van der Waals surface area contributed by atoms with Gasteiger partial charge in [-0.25, -0.2) is 4.98 Å². The van der Waals surface area contributed by atoms with E-state index in [1.807, 2.05) is 12.3 Å². The van der Waals surface area contributed by atoms with Gasteiger partial charge in [-0.3, -0.25) is 0 Å². The normalized spacial score (nSPS) is 15.2. The highest BCUT2D eigenvalue weighted by molar-refractivity contribution is 7.18. The zero-order valence-electron chi connectivity index (χ0n) is 8.31. The highest BCUT2D eigenvalue weighted by Gasteiger charge is 2.21. The first-order valence-electron chi connectivity index (χ1n) is 5.19. The molecule has 0 unspecified atom stereocenters. The summed E-state index contributed by atoms with van der Waals surface area (Å²) < 4.78 is 0. The lowest BCUT2D eigenvalue weighted by Gasteiger charge is -1.96. The minimum Gasteiger partial charge on any atom is -0.359 e. The van der Waals surface area contributed by atoms with Crippen molar-refractivity contribution in [2.45, 2.75) is 18.9 Å². The van der Waals surface area contributed by atoms with Crippen molar-refractivity contribution in [2.75, 3.05) is 5.32 Å². The maximum atomic E-state index is 4.38. The summed E-state index contributed by atoms with van der Waals surface area (Å²) in [5.74, 6) is 0. The maximum absolute atomic E-state index is 4.38. The Balaban J connectivity index is 1.83. The molecule has 1 aromatic heterocycles. The monoisotopic (exact) mass is 216 g/mol. The summed E-state index contributed by atoms with van der Waals surface area (Å²) in [6, 6.07) is 11.1. The maximum Gasteiger partial charge on any atom is 0.183 e. The first kappa shape index (κ1) is 8.92. The van der Waals surface area contributed by atoms with E-state index in [4.69, 9.17) is 0 Å². The quantitative estimate of drug-likeness (QED) is 0.850. The number of thiazole rings is 1. The average molecular weight is 216 g/mol. The van der Waals surface area contributed by atoms with Gasteiger partial charge in [0.25, 0.3) is 0 Å². The SMILES string of the molecule is c1ccc(-c2cnc(NC3CC3)s2)cc1. The highest BCUT2D eigenvalue weighted by atomic mass is 32.1. The molecule has 3 heteroatoms. The van der Waals surface area contributed by atoms with E-state index in [1.54, 1.807) is 11.3 Å². The Morgan fingerprint density at radius 3 is 2.73 bits per heavy atom. The first-order chi connectivity index (χ1) is 7.42. The van der Waals surface area contributed by atoms with Crippen LogP contribution < -0.4 is 5.32 Å². The number of hydrogen-bond acceptors (Lipinski definition) is 3. The van der Waals surface area contributed by atoms with Crippen LogP contribution in [0.5, 0.6) is 0 Å². The molecule has 0 bridgehead atoms. The van der Waals surface area contributed by atoms with Crippen molar-refractivity contribution in [3.8, 4) is 10.4 Å². The molecule has 3 rings (SSSR count). The number of rotatable bonds is 3. The molecule has 1 saturated carbocycles. The molecular formula is C12H12N2S. The fourth-order valence-corrected chi connectivity index (χ4v) is 2.38. The van der Waals surface area contributed by atoms with Gasteiger partial charge in [-0.15, -0.1) is 0 Å². The number of anilines is 1. The summed E-state index contributed by atoms with van der Waals surface area (Å²) in [7, 11) is 0. The lowest BCUT2D eigenvalue weighted by Crippen LogP contribution is -1.98. The Kier molecular flexibility index (Phi) is 2.18. The Hall–Kier alpha value is -1.35. The van der Waals surface area contributed by atoms with Crippen LogP contribution in [0.3, 0.4) is 0 Å². The van der Waals surface area contributed by atoms with Crippen LogP contribution >= 0.6 is 11.3 Å². The second-order valence-corrected chi connectivity index (χ2v) is 4.84. The minimum atomic E-state index is 0.680. The second kappa shape index (κ2) is 3.66. The zero-order valence-corrected chi connectivity index (χ0v) is 9.13. The molecule has 0 radical (unpaired) electrons. The van der Waals surface area contributed by atoms with Gasteiger partial charge in [-0.2, -0.15) is 0 Å². The van der Waals surface area contributed by atoms with Gasteiger partial charge < -0.3 is 5.32 Å². The summed E-state index contributed by atoms with van der Waals surface area (Å²) in [4.78, 5) is 5.62. The molecule has 0 saturated heterocycles. The smallest absolute Gasteiger partial charge is 0.183 e. The van der Waals surface area contributed by atoms with Crippen molar-refractivity contribution in [1.29, 1.82) is 0 Å². The van der Waals surface area contributed by atoms with E-state index >= 15 is 0 Å². The van der Waals surface area contributed by atoms with Gasteiger partial charge in [0, 0.05) is 12.2 Å². The van der Waals surface area contributed by atoms with E-state index in [0.717, 1.165) is 5.13 Å². The van der Waals surface area contributed by atoms with Crippen molar-refractivity contribution in [3.63, 3.8) is 0 Å². The molecule has 0 aliphatic heterocycles. The lowest BCUT2D eigenvalue weighted by molar-refractivity contribution is 1.14. The third kappa shape index (κ3) is 2.02. The Bertz CT molecular complexity index is 446. The summed E-state index contributed by atoms with van der Waals surface area (Å²) in [5, 5.41) is 4.47. The third-order valence-corrected chi connectivity index (χ3v) is 3.45. The van der Waals surface area contributed by atoms with E-state index in [0.29, 0.717) is 6.04 Å². The lowest BCUT2D eigenvalue weighted by atomic mass is 10.2. The van der Waals surface area contributed by atoms with Crippen LogP contribution in [0.1, 0.15) is 12.8 Å². The zero-order chi connectivity index (χ0) is 10.1. The first-order valence-corrected chi connectivity index (χ1v) is 6.01. The number of benzene rings is 1. The molecule has 15 heavy (non-hydrogen) atoms. The van der Waals surface area contributed by atoms with E-state index in [9.17, 15) is 0 Å². The predicted molar refractivity (Wildman–Crippen MR) is 64.2 cm³/mol. The Morgan fingerprint density at radius 1 is 1.20 bits per heavy atom. The third-order valence-electron chi connectivity index (χ3n) is 2.47. The van der Waals surface area contributed by atoms with Crippen LogP contribution in [0.15, 0.2) is 36.5 Å². The molecule has 1 N–H and O–H groups in total. The van der Waals surface area contributed by atoms with Gasteiger partial charge in [0.15, 0.2) is 5.13 Å². The summed E-state index contributed by atoms with van der Waals surface area (Å²) >= 11 is 1.73. The molecule has 1 heterocycles. The fraction of sp³-hybridized carbons (Fsp3) is 0.250. The van der Waals surface area contributed by atoms with Crippen LogP contribution in [0.4, 0.5) is 5.13 Å². The topological polar surface area (TPSA) is 24.9 Å². The summed E-state index contributed by atoms with van der Waals surface area (Å²) in [6.07, 6.45) is 4.53. The molecule has 76 valence electrons. The molecule has 2 nitrogen and oxygen atoms in total. The molecule has 2 aromatic rings. The van der Waals surface area contributed by atoms with Gasteiger partial charge in [-0.1, -0.05) is 41.7 Å². The summed E-state index contributed by atoms with van der Waals surface area (Å²) in [5.41, 5.74) is 1.25. The highest BCUT2D eigenvalue weighted by Crippen LogP contribution is 2.32. The van der Waals surface area contributed by atoms with Crippen LogP contribution in [-0.2, 0) is 0 Å². The molecule has 0 amide bonds.